The van der Waals surface area contributed by atoms with Gasteiger partial charge in [-0.1, -0.05) is 18.2 Å². The Kier molecular flexibility index (Phi) is 4.48. The van der Waals surface area contributed by atoms with Gasteiger partial charge < -0.3 is 5.11 Å². The lowest BCUT2D eigenvalue weighted by Crippen LogP contribution is -2.43. The topological polar surface area (TPSA) is 58.4 Å². The molecule has 3 rings (SSSR count). The Morgan fingerprint density at radius 1 is 1.30 bits per heavy atom. The van der Waals surface area contributed by atoms with E-state index >= 15 is 0 Å². The van der Waals surface area contributed by atoms with Crippen molar-refractivity contribution in [2.24, 2.45) is 5.92 Å². The van der Waals surface area contributed by atoms with Gasteiger partial charge in [-0.2, -0.15) is 5.10 Å². The van der Waals surface area contributed by atoms with Gasteiger partial charge in [-0.15, -0.1) is 0 Å². The number of aryl methyl sites for hydroxylation is 1. The minimum atomic E-state index is -0.682. The number of aliphatic carboxylic acids is 1. The van der Waals surface area contributed by atoms with Crippen molar-refractivity contribution in [1.29, 1.82) is 0 Å². The Hall–Kier alpha value is -2.14. The predicted octanol–water partition coefficient (Wildman–Crippen LogP) is 2.87. The highest BCUT2D eigenvalue weighted by Gasteiger charge is 2.30. The van der Waals surface area contributed by atoms with Crippen LogP contribution in [0.25, 0.3) is 5.69 Å². The second-order valence-corrected chi connectivity index (χ2v) is 6.41. The third-order valence-corrected chi connectivity index (χ3v) is 4.76. The first-order chi connectivity index (χ1) is 11.0. The first-order valence-electron chi connectivity index (χ1n) is 8.12. The van der Waals surface area contributed by atoms with E-state index in [0.717, 1.165) is 36.3 Å². The van der Waals surface area contributed by atoms with Gasteiger partial charge >= 0.3 is 5.97 Å². The maximum absolute atomic E-state index is 11.3. The van der Waals surface area contributed by atoms with Crippen LogP contribution < -0.4 is 0 Å². The summed E-state index contributed by atoms with van der Waals surface area (Å²) >= 11 is 0. The van der Waals surface area contributed by atoms with Gasteiger partial charge in [0.05, 0.1) is 17.3 Å². The summed E-state index contributed by atoms with van der Waals surface area (Å²) in [5.41, 5.74) is 3.20. The molecule has 1 aliphatic rings. The maximum atomic E-state index is 11.3. The zero-order valence-electron chi connectivity index (χ0n) is 13.6. The van der Waals surface area contributed by atoms with E-state index in [4.69, 9.17) is 0 Å². The number of rotatable bonds is 4. The molecule has 5 nitrogen and oxygen atoms in total. The van der Waals surface area contributed by atoms with Crippen molar-refractivity contribution in [2.45, 2.75) is 39.3 Å². The fourth-order valence-corrected chi connectivity index (χ4v) is 3.18. The summed E-state index contributed by atoms with van der Waals surface area (Å²) < 4.78 is 1.90. The Balaban J connectivity index is 1.77. The predicted molar refractivity (Wildman–Crippen MR) is 88.5 cm³/mol. The highest BCUT2D eigenvalue weighted by atomic mass is 16.4. The number of nitrogens with zero attached hydrogens (tertiary/aromatic N) is 3. The highest BCUT2D eigenvalue weighted by molar-refractivity contribution is 5.70. The molecule has 122 valence electrons. The number of para-hydroxylation sites is 1. The van der Waals surface area contributed by atoms with E-state index in [0.29, 0.717) is 12.6 Å². The summed E-state index contributed by atoms with van der Waals surface area (Å²) in [6, 6.07) is 10.4. The number of carboxylic acids is 1. The molecule has 0 amide bonds. The zero-order valence-corrected chi connectivity index (χ0v) is 13.6. The van der Waals surface area contributed by atoms with Crippen molar-refractivity contribution in [3.63, 3.8) is 0 Å². The molecule has 1 N–H and O–H groups in total. The van der Waals surface area contributed by atoms with Gasteiger partial charge in [0.2, 0.25) is 0 Å². The number of aromatic nitrogens is 2. The fraction of sp³-hybridized carbons (Fsp3) is 0.444. The molecule has 23 heavy (non-hydrogen) atoms. The second kappa shape index (κ2) is 6.54. The van der Waals surface area contributed by atoms with E-state index in [2.05, 4.69) is 23.1 Å². The van der Waals surface area contributed by atoms with Crippen LogP contribution in [0.1, 0.15) is 31.0 Å². The number of likely N-dealkylation sites (tertiary alicyclic amines) is 1. The zero-order chi connectivity index (χ0) is 16.4. The smallest absolute Gasteiger partial charge is 0.307 e. The van der Waals surface area contributed by atoms with Crippen LogP contribution in [0.4, 0.5) is 0 Å². The van der Waals surface area contributed by atoms with Crippen LogP contribution in [0.3, 0.4) is 0 Å². The van der Waals surface area contributed by atoms with Gasteiger partial charge in [0, 0.05) is 30.9 Å². The van der Waals surface area contributed by atoms with Crippen LogP contribution in [0, 0.1) is 12.8 Å². The van der Waals surface area contributed by atoms with Gasteiger partial charge in [0.1, 0.15) is 0 Å². The summed E-state index contributed by atoms with van der Waals surface area (Å²) in [5, 5.41) is 13.9. The SMILES string of the molecule is Cc1nn(-c2ccccc2)cc1CN1CC(C(=O)O)CCC1C. The van der Waals surface area contributed by atoms with Gasteiger partial charge in [-0.05, 0) is 38.8 Å². The minimum absolute atomic E-state index is 0.254. The lowest BCUT2D eigenvalue weighted by atomic mass is 9.93. The van der Waals surface area contributed by atoms with Crippen molar-refractivity contribution in [3.05, 3.63) is 47.8 Å². The molecule has 1 aromatic heterocycles. The molecule has 1 aromatic carbocycles. The first-order valence-corrected chi connectivity index (χ1v) is 8.12. The first kappa shape index (κ1) is 15.7. The van der Waals surface area contributed by atoms with Crippen LogP contribution in [0.15, 0.2) is 36.5 Å². The van der Waals surface area contributed by atoms with Gasteiger partial charge in [-0.3, -0.25) is 9.69 Å². The van der Waals surface area contributed by atoms with Crippen molar-refractivity contribution in [1.82, 2.24) is 14.7 Å². The monoisotopic (exact) mass is 313 g/mol. The summed E-state index contributed by atoms with van der Waals surface area (Å²) in [6.45, 7) is 5.56. The van der Waals surface area contributed by atoms with Crippen molar-refractivity contribution in [2.75, 3.05) is 6.54 Å². The molecule has 0 bridgehead atoms. The molecule has 0 spiro atoms. The molecule has 2 heterocycles. The van der Waals surface area contributed by atoms with E-state index in [9.17, 15) is 9.90 Å². The van der Waals surface area contributed by atoms with Crippen LogP contribution in [0.2, 0.25) is 0 Å². The third-order valence-electron chi connectivity index (χ3n) is 4.76. The molecule has 1 aliphatic heterocycles. The van der Waals surface area contributed by atoms with Gasteiger partial charge in [0.15, 0.2) is 0 Å². The lowest BCUT2D eigenvalue weighted by Gasteiger charge is -2.36. The summed E-state index contributed by atoms with van der Waals surface area (Å²) in [5.74, 6) is -0.936. The molecule has 5 heteroatoms. The van der Waals surface area contributed by atoms with E-state index in [1.807, 2.05) is 41.9 Å². The summed E-state index contributed by atoms with van der Waals surface area (Å²) in [4.78, 5) is 13.5. The van der Waals surface area contributed by atoms with Crippen LogP contribution >= 0.6 is 0 Å². The van der Waals surface area contributed by atoms with E-state index in [1.165, 1.54) is 0 Å². The maximum Gasteiger partial charge on any atom is 0.307 e. The molecular formula is C18H23N3O2. The number of carbonyl (C=O) groups is 1. The number of hydrogen-bond donors (Lipinski definition) is 1. The Morgan fingerprint density at radius 3 is 2.74 bits per heavy atom. The van der Waals surface area contributed by atoms with Crippen LogP contribution in [-0.4, -0.2) is 38.3 Å². The molecule has 1 saturated heterocycles. The van der Waals surface area contributed by atoms with E-state index in [1.54, 1.807) is 0 Å². The normalized spacial score (nSPS) is 22.2. The van der Waals surface area contributed by atoms with Crippen LogP contribution in [0.5, 0.6) is 0 Å². The van der Waals surface area contributed by atoms with Crippen molar-refractivity contribution >= 4 is 5.97 Å². The number of hydrogen-bond acceptors (Lipinski definition) is 3. The largest absolute Gasteiger partial charge is 0.481 e. The standard InChI is InChI=1S/C18H23N3O2/c1-13-8-9-15(18(22)23)10-20(13)11-16-12-21(19-14(16)2)17-6-4-3-5-7-17/h3-7,12-13,15H,8-11H2,1-2H3,(H,22,23). The van der Waals surface area contributed by atoms with Crippen molar-refractivity contribution in [3.8, 4) is 5.69 Å². The number of piperidine rings is 1. The van der Waals surface area contributed by atoms with E-state index < -0.39 is 5.97 Å². The van der Waals surface area contributed by atoms with E-state index in [-0.39, 0.29) is 5.92 Å². The average molecular weight is 313 g/mol. The molecular weight excluding hydrogens is 290 g/mol. The minimum Gasteiger partial charge on any atom is -0.481 e. The summed E-state index contributed by atoms with van der Waals surface area (Å²) in [7, 11) is 0. The second-order valence-electron chi connectivity index (χ2n) is 6.41. The van der Waals surface area contributed by atoms with Gasteiger partial charge in [-0.25, -0.2) is 4.68 Å². The molecule has 0 aliphatic carbocycles. The molecule has 2 atom stereocenters. The quantitative estimate of drug-likeness (QED) is 0.943. The Bertz CT molecular complexity index is 681. The van der Waals surface area contributed by atoms with Crippen LogP contribution in [-0.2, 0) is 11.3 Å². The molecule has 0 radical (unpaired) electrons. The summed E-state index contributed by atoms with van der Waals surface area (Å²) in [6.07, 6.45) is 3.76. The van der Waals surface area contributed by atoms with Crippen molar-refractivity contribution < 1.29 is 9.90 Å². The molecule has 2 unspecified atom stereocenters. The van der Waals surface area contributed by atoms with Gasteiger partial charge in [0.25, 0.3) is 0 Å². The average Bonchev–Trinajstić information content (AvgIpc) is 2.91. The lowest BCUT2D eigenvalue weighted by molar-refractivity contribution is -0.144. The number of carboxylic acid groups (broad SMARTS) is 1. The molecule has 2 aromatic rings. The Labute approximate surface area is 136 Å². The molecule has 1 fully saturated rings. The fourth-order valence-electron chi connectivity index (χ4n) is 3.18. The Morgan fingerprint density at radius 2 is 2.04 bits per heavy atom. The molecule has 0 saturated carbocycles. The number of benzene rings is 1. The highest BCUT2D eigenvalue weighted by Crippen LogP contribution is 2.25. The third kappa shape index (κ3) is 3.45.